The van der Waals surface area contributed by atoms with Gasteiger partial charge in [0.2, 0.25) is 0 Å². The summed E-state index contributed by atoms with van der Waals surface area (Å²) in [5.74, 6) is -0.0736. The largest absolute Gasteiger partial charge is 0.497 e. The van der Waals surface area contributed by atoms with Crippen molar-refractivity contribution in [1.82, 2.24) is 5.32 Å². The summed E-state index contributed by atoms with van der Waals surface area (Å²) < 4.78 is 9.89. The maximum absolute atomic E-state index is 11.7. The number of benzene rings is 1. The molecule has 1 N–H and O–H groups in total. The molecule has 0 aliphatic heterocycles. The van der Waals surface area contributed by atoms with Crippen molar-refractivity contribution in [2.45, 2.75) is 6.92 Å². The minimum atomic E-state index is -0.451. The molecular weight excluding hydrogens is 246 g/mol. The second-order valence-electron chi connectivity index (χ2n) is 3.62. The lowest BCUT2D eigenvalue weighted by atomic mass is 10.1. The molecule has 1 aromatic rings. The third kappa shape index (κ3) is 4.13. The van der Waals surface area contributed by atoms with Gasteiger partial charge in [0.25, 0.3) is 5.91 Å². The molecule has 0 aliphatic carbocycles. The summed E-state index contributed by atoms with van der Waals surface area (Å²) in [4.78, 5) is 23.0. The first kappa shape index (κ1) is 14.8. The maximum atomic E-state index is 11.7. The van der Waals surface area contributed by atoms with E-state index in [2.05, 4.69) is 5.32 Å². The molecule has 102 valence electrons. The molecule has 1 amide bonds. The van der Waals surface area contributed by atoms with Crippen molar-refractivity contribution in [3.05, 3.63) is 35.4 Å². The third-order valence-electron chi connectivity index (χ3n) is 2.42. The molecule has 1 rings (SSSR count). The van der Waals surface area contributed by atoms with Crippen LogP contribution in [0.3, 0.4) is 0 Å². The standard InChI is InChI=1S/C14H17NO4/c1-4-19-13(16)8-5-10-9-11(18-3)6-7-12(10)14(17)15-2/h5-9H,4H2,1-3H3,(H,15,17)/b8-5+. The average Bonchev–Trinajstić information content (AvgIpc) is 2.44. The second-order valence-corrected chi connectivity index (χ2v) is 3.62. The van der Waals surface area contributed by atoms with Crippen LogP contribution in [-0.4, -0.2) is 32.6 Å². The third-order valence-corrected chi connectivity index (χ3v) is 2.42. The summed E-state index contributed by atoms with van der Waals surface area (Å²) in [6.45, 7) is 2.04. The van der Waals surface area contributed by atoms with E-state index in [1.165, 1.54) is 19.3 Å². The fraction of sp³-hybridized carbons (Fsp3) is 0.286. The lowest BCUT2D eigenvalue weighted by Gasteiger charge is -2.07. The minimum Gasteiger partial charge on any atom is -0.497 e. The maximum Gasteiger partial charge on any atom is 0.330 e. The number of carbonyl (C=O) groups is 2. The Morgan fingerprint density at radius 3 is 2.68 bits per heavy atom. The first-order chi connectivity index (χ1) is 9.12. The number of methoxy groups -OCH3 is 1. The molecule has 0 fully saturated rings. The number of nitrogens with one attached hydrogen (secondary N) is 1. The highest BCUT2D eigenvalue weighted by atomic mass is 16.5. The van der Waals surface area contributed by atoms with Crippen LogP contribution >= 0.6 is 0 Å². The number of carbonyl (C=O) groups excluding carboxylic acids is 2. The van der Waals surface area contributed by atoms with Crippen LogP contribution in [0.25, 0.3) is 6.08 Å². The summed E-state index contributed by atoms with van der Waals surface area (Å²) in [5, 5.41) is 2.54. The van der Waals surface area contributed by atoms with Crippen LogP contribution in [0.1, 0.15) is 22.8 Å². The van der Waals surface area contributed by atoms with Crippen molar-refractivity contribution in [2.75, 3.05) is 20.8 Å². The van der Waals surface area contributed by atoms with Crippen LogP contribution in [0.5, 0.6) is 5.75 Å². The molecule has 0 aliphatic rings. The number of esters is 1. The second kappa shape index (κ2) is 7.20. The number of ether oxygens (including phenoxy) is 2. The van der Waals surface area contributed by atoms with Gasteiger partial charge in [-0.25, -0.2) is 4.79 Å². The normalized spacial score (nSPS) is 10.3. The minimum absolute atomic E-state index is 0.230. The van der Waals surface area contributed by atoms with Crippen LogP contribution in [0.2, 0.25) is 0 Å². The van der Waals surface area contributed by atoms with E-state index in [0.29, 0.717) is 23.5 Å². The summed E-state index contributed by atoms with van der Waals surface area (Å²) in [5.41, 5.74) is 1.05. The molecule has 5 heteroatoms. The fourth-order valence-electron chi connectivity index (χ4n) is 1.50. The van der Waals surface area contributed by atoms with Gasteiger partial charge in [-0.3, -0.25) is 4.79 Å². The number of hydrogen-bond donors (Lipinski definition) is 1. The van der Waals surface area contributed by atoms with Crippen molar-refractivity contribution in [3.63, 3.8) is 0 Å². The zero-order valence-electron chi connectivity index (χ0n) is 11.2. The zero-order valence-corrected chi connectivity index (χ0v) is 11.2. The van der Waals surface area contributed by atoms with Crippen LogP contribution in [0, 0.1) is 0 Å². The lowest BCUT2D eigenvalue weighted by Crippen LogP contribution is -2.18. The van der Waals surface area contributed by atoms with Crippen molar-refractivity contribution < 1.29 is 19.1 Å². The molecule has 1 aromatic carbocycles. The lowest BCUT2D eigenvalue weighted by molar-refractivity contribution is -0.137. The van der Waals surface area contributed by atoms with Crippen molar-refractivity contribution in [1.29, 1.82) is 0 Å². The highest BCUT2D eigenvalue weighted by molar-refractivity contribution is 5.99. The van der Waals surface area contributed by atoms with Crippen LogP contribution < -0.4 is 10.1 Å². The summed E-state index contributed by atoms with van der Waals surface area (Å²) >= 11 is 0. The van der Waals surface area contributed by atoms with Gasteiger partial charge >= 0.3 is 5.97 Å². The Kier molecular flexibility index (Phi) is 5.60. The molecule has 0 saturated carbocycles. The molecule has 0 spiro atoms. The molecule has 5 nitrogen and oxygen atoms in total. The monoisotopic (exact) mass is 263 g/mol. The van der Waals surface area contributed by atoms with Crippen LogP contribution in [0.4, 0.5) is 0 Å². The van der Waals surface area contributed by atoms with Crippen LogP contribution in [-0.2, 0) is 9.53 Å². The van der Waals surface area contributed by atoms with E-state index in [0.717, 1.165) is 0 Å². The first-order valence-electron chi connectivity index (χ1n) is 5.87. The van der Waals surface area contributed by atoms with Crippen molar-refractivity contribution in [3.8, 4) is 5.75 Å². The van der Waals surface area contributed by atoms with E-state index >= 15 is 0 Å². The van der Waals surface area contributed by atoms with E-state index in [4.69, 9.17) is 9.47 Å². The van der Waals surface area contributed by atoms with Crippen molar-refractivity contribution >= 4 is 18.0 Å². The molecule has 0 heterocycles. The molecule has 0 radical (unpaired) electrons. The molecule has 0 saturated heterocycles. The van der Waals surface area contributed by atoms with Crippen LogP contribution in [0.15, 0.2) is 24.3 Å². The van der Waals surface area contributed by atoms with E-state index in [-0.39, 0.29) is 5.91 Å². The SMILES string of the molecule is CCOC(=O)/C=C/c1cc(OC)ccc1C(=O)NC. The highest BCUT2D eigenvalue weighted by Crippen LogP contribution is 2.19. The zero-order chi connectivity index (χ0) is 14.3. The van der Waals surface area contributed by atoms with Gasteiger partial charge in [-0.1, -0.05) is 0 Å². The Morgan fingerprint density at radius 2 is 2.11 bits per heavy atom. The number of hydrogen-bond acceptors (Lipinski definition) is 4. The van der Waals surface area contributed by atoms with Gasteiger partial charge in [0.15, 0.2) is 0 Å². The fourth-order valence-corrected chi connectivity index (χ4v) is 1.50. The molecule has 0 atom stereocenters. The van der Waals surface area contributed by atoms with E-state index in [1.807, 2.05) is 0 Å². The Bertz CT molecular complexity index is 494. The summed E-state index contributed by atoms with van der Waals surface area (Å²) in [7, 11) is 3.08. The molecule has 0 bridgehead atoms. The Morgan fingerprint density at radius 1 is 1.37 bits per heavy atom. The van der Waals surface area contributed by atoms with E-state index < -0.39 is 5.97 Å². The Balaban J connectivity index is 3.07. The first-order valence-corrected chi connectivity index (χ1v) is 5.87. The molecule has 19 heavy (non-hydrogen) atoms. The highest BCUT2D eigenvalue weighted by Gasteiger charge is 2.09. The predicted molar refractivity (Wildman–Crippen MR) is 72.1 cm³/mol. The number of rotatable bonds is 5. The van der Waals surface area contributed by atoms with E-state index in [9.17, 15) is 9.59 Å². The summed E-state index contributed by atoms with van der Waals surface area (Å²) in [6.07, 6.45) is 2.82. The average molecular weight is 263 g/mol. The van der Waals surface area contributed by atoms with E-state index in [1.54, 1.807) is 32.2 Å². The molecule has 0 aromatic heterocycles. The molecule has 0 unspecified atom stereocenters. The van der Waals surface area contributed by atoms with Gasteiger partial charge in [-0.2, -0.15) is 0 Å². The predicted octanol–water partition coefficient (Wildman–Crippen LogP) is 1.63. The summed E-state index contributed by atoms with van der Waals surface area (Å²) in [6, 6.07) is 5.01. The van der Waals surface area contributed by atoms with Gasteiger partial charge in [-0.05, 0) is 36.8 Å². The smallest absolute Gasteiger partial charge is 0.330 e. The van der Waals surface area contributed by atoms with Gasteiger partial charge in [-0.15, -0.1) is 0 Å². The Labute approximate surface area is 112 Å². The Hall–Kier alpha value is -2.30. The van der Waals surface area contributed by atoms with Gasteiger partial charge in [0, 0.05) is 18.7 Å². The van der Waals surface area contributed by atoms with Gasteiger partial charge < -0.3 is 14.8 Å². The number of amides is 1. The molecular formula is C14H17NO4. The van der Waals surface area contributed by atoms with Gasteiger partial charge in [0.05, 0.1) is 13.7 Å². The van der Waals surface area contributed by atoms with Gasteiger partial charge in [0.1, 0.15) is 5.75 Å². The quantitative estimate of drug-likeness (QED) is 0.648. The topological polar surface area (TPSA) is 64.6 Å². The van der Waals surface area contributed by atoms with Crippen molar-refractivity contribution in [2.24, 2.45) is 0 Å².